The van der Waals surface area contributed by atoms with E-state index in [2.05, 4.69) is 9.97 Å². The molecular formula is C18H20N4O6S. The van der Waals surface area contributed by atoms with Crippen LogP contribution >= 0.6 is 11.8 Å². The van der Waals surface area contributed by atoms with Gasteiger partial charge in [-0.25, -0.2) is 9.78 Å². The molecule has 0 aliphatic carbocycles. The number of rotatable bonds is 8. The number of ether oxygens (including phenoxy) is 1. The van der Waals surface area contributed by atoms with Crippen molar-refractivity contribution in [3.05, 3.63) is 50.7 Å². The van der Waals surface area contributed by atoms with Gasteiger partial charge in [0.15, 0.2) is 16.3 Å². The number of nitrogens with zero attached hydrogens (tertiary/aromatic N) is 3. The van der Waals surface area contributed by atoms with E-state index in [1.165, 1.54) is 11.6 Å². The molecule has 0 unspecified atom stereocenters. The summed E-state index contributed by atoms with van der Waals surface area (Å²) in [4.78, 5) is 41.6. The predicted molar refractivity (Wildman–Crippen MR) is 107 cm³/mol. The summed E-state index contributed by atoms with van der Waals surface area (Å²) in [7, 11) is 1.45. The molecule has 0 aliphatic heterocycles. The summed E-state index contributed by atoms with van der Waals surface area (Å²) in [5.41, 5.74) is -0.0970. The van der Waals surface area contributed by atoms with E-state index < -0.39 is 23.3 Å². The number of fused-ring (bicyclic) bond motifs is 1. The Morgan fingerprint density at radius 2 is 2.14 bits per heavy atom. The van der Waals surface area contributed by atoms with Crippen molar-refractivity contribution < 1.29 is 19.7 Å². The van der Waals surface area contributed by atoms with Crippen LogP contribution < -0.4 is 16.0 Å². The molecule has 2 aromatic heterocycles. The number of hydrogen-bond acceptors (Lipinski definition) is 7. The number of carboxylic acids is 1. The first-order valence-electron chi connectivity index (χ1n) is 8.68. The van der Waals surface area contributed by atoms with Crippen LogP contribution in [0.2, 0.25) is 0 Å². The number of carboxylic acid groups (broad SMARTS) is 1. The van der Waals surface area contributed by atoms with Gasteiger partial charge in [-0.15, -0.1) is 0 Å². The number of carbonyl (C=O) groups is 1. The molecule has 0 spiro atoms. The minimum Gasteiger partial charge on any atom is -0.491 e. The number of aliphatic hydroxyl groups is 1. The van der Waals surface area contributed by atoms with Crippen molar-refractivity contribution in [2.24, 2.45) is 7.05 Å². The number of nitrogens with one attached hydrogen (secondary N) is 1. The summed E-state index contributed by atoms with van der Waals surface area (Å²) >= 11 is 0.895. The highest BCUT2D eigenvalue weighted by molar-refractivity contribution is 7.99. The first kappa shape index (κ1) is 20.7. The van der Waals surface area contributed by atoms with Gasteiger partial charge < -0.3 is 19.5 Å². The molecule has 1 atom stereocenters. The first-order valence-corrected chi connectivity index (χ1v) is 9.66. The maximum absolute atomic E-state index is 12.4. The summed E-state index contributed by atoms with van der Waals surface area (Å²) in [5, 5.41) is 19.6. The fraction of sp³-hybridized carbons (Fsp3) is 0.333. The van der Waals surface area contributed by atoms with Crippen LogP contribution in [0.1, 0.15) is 5.56 Å². The Bertz CT molecular complexity index is 1170. The van der Waals surface area contributed by atoms with E-state index in [0.29, 0.717) is 5.75 Å². The Hall–Kier alpha value is -3.05. The lowest BCUT2D eigenvalue weighted by molar-refractivity contribution is -0.133. The van der Waals surface area contributed by atoms with E-state index in [1.807, 2.05) is 25.1 Å². The molecule has 2 heterocycles. The molecule has 11 heteroatoms. The van der Waals surface area contributed by atoms with Crippen molar-refractivity contribution in [1.82, 2.24) is 19.1 Å². The fourth-order valence-electron chi connectivity index (χ4n) is 2.78. The summed E-state index contributed by atoms with van der Waals surface area (Å²) < 4.78 is 8.16. The molecule has 0 fully saturated rings. The SMILES string of the molecule is Cc1cccc(OC[C@@H](O)Cn2c(SCC(=O)O)nc3c2c(=O)[nH]c(=O)n3C)c1. The molecule has 29 heavy (non-hydrogen) atoms. The first-order chi connectivity index (χ1) is 13.8. The number of hydrogen-bond donors (Lipinski definition) is 3. The average molecular weight is 420 g/mol. The fourth-order valence-corrected chi connectivity index (χ4v) is 3.51. The number of aryl methyl sites for hydroxylation is 2. The van der Waals surface area contributed by atoms with Gasteiger partial charge in [0, 0.05) is 7.05 Å². The van der Waals surface area contributed by atoms with E-state index in [9.17, 15) is 19.5 Å². The zero-order valence-electron chi connectivity index (χ0n) is 15.8. The lowest BCUT2D eigenvalue weighted by atomic mass is 10.2. The van der Waals surface area contributed by atoms with Gasteiger partial charge in [-0.3, -0.25) is 19.1 Å². The molecular weight excluding hydrogens is 400 g/mol. The Morgan fingerprint density at radius 1 is 1.38 bits per heavy atom. The Kier molecular flexibility index (Phi) is 6.09. The predicted octanol–water partition coefficient (Wildman–Crippen LogP) is 0.348. The lowest BCUT2D eigenvalue weighted by Gasteiger charge is -2.15. The van der Waals surface area contributed by atoms with Crippen LogP contribution in [0.15, 0.2) is 39.0 Å². The molecule has 154 valence electrons. The third kappa shape index (κ3) is 4.69. The number of H-pyrrole nitrogens is 1. The van der Waals surface area contributed by atoms with Gasteiger partial charge in [0.25, 0.3) is 5.56 Å². The van der Waals surface area contributed by atoms with Crippen LogP contribution in [0.5, 0.6) is 5.75 Å². The Labute approximate surface area is 168 Å². The topological polar surface area (TPSA) is 139 Å². The van der Waals surface area contributed by atoms with Gasteiger partial charge in [-0.2, -0.15) is 0 Å². The summed E-state index contributed by atoms with van der Waals surface area (Å²) in [5.74, 6) is -0.745. The van der Waals surface area contributed by atoms with Crippen LogP contribution in [-0.4, -0.2) is 53.7 Å². The van der Waals surface area contributed by atoms with Gasteiger partial charge in [0.05, 0.1) is 12.3 Å². The van der Waals surface area contributed by atoms with E-state index in [4.69, 9.17) is 9.84 Å². The van der Waals surface area contributed by atoms with Crippen LogP contribution in [0, 0.1) is 6.92 Å². The number of thioether (sulfide) groups is 1. The largest absolute Gasteiger partial charge is 0.491 e. The van der Waals surface area contributed by atoms with Gasteiger partial charge in [-0.1, -0.05) is 23.9 Å². The second-order valence-electron chi connectivity index (χ2n) is 6.46. The van der Waals surface area contributed by atoms with E-state index in [-0.39, 0.29) is 35.2 Å². The lowest BCUT2D eigenvalue weighted by Crippen LogP contribution is -2.30. The molecule has 0 bridgehead atoms. The quantitative estimate of drug-likeness (QED) is 0.444. The minimum absolute atomic E-state index is 0.0458. The van der Waals surface area contributed by atoms with Gasteiger partial charge in [-0.05, 0) is 24.6 Å². The number of aromatic nitrogens is 4. The number of aliphatic carboxylic acids is 1. The highest BCUT2D eigenvalue weighted by atomic mass is 32.2. The van der Waals surface area contributed by atoms with Gasteiger partial charge >= 0.3 is 11.7 Å². The number of aromatic amines is 1. The molecule has 3 rings (SSSR count). The number of aliphatic hydroxyl groups excluding tert-OH is 1. The maximum atomic E-state index is 12.4. The van der Waals surface area contributed by atoms with Crippen molar-refractivity contribution in [2.45, 2.75) is 24.7 Å². The Morgan fingerprint density at radius 3 is 2.83 bits per heavy atom. The van der Waals surface area contributed by atoms with Crippen molar-refractivity contribution in [1.29, 1.82) is 0 Å². The third-order valence-electron chi connectivity index (χ3n) is 4.12. The van der Waals surface area contributed by atoms with Crippen molar-refractivity contribution in [3.8, 4) is 5.75 Å². The summed E-state index contributed by atoms with van der Waals surface area (Å²) in [6.07, 6.45) is -1.01. The molecule has 1 aromatic carbocycles. The smallest absolute Gasteiger partial charge is 0.329 e. The normalized spacial score (nSPS) is 12.2. The number of imidazole rings is 1. The average Bonchev–Trinajstić information content (AvgIpc) is 3.02. The molecule has 0 amide bonds. The molecule has 0 aliphatic rings. The molecule has 0 saturated carbocycles. The molecule has 3 N–H and O–H groups in total. The maximum Gasteiger partial charge on any atom is 0.329 e. The monoisotopic (exact) mass is 420 g/mol. The van der Waals surface area contributed by atoms with E-state index in [1.54, 1.807) is 6.07 Å². The second-order valence-corrected chi connectivity index (χ2v) is 7.40. The third-order valence-corrected chi connectivity index (χ3v) is 5.08. The highest BCUT2D eigenvalue weighted by Gasteiger charge is 2.20. The standard InChI is InChI=1S/C18H20N4O6S/c1-10-4-3-5-12(6-10)28-8-11(23)7-22-14-15(19-18(22)29-9-13(24)25)21(2)17(27)20-16(14)26/h3-6,11,23H,7-9H2,1-2H3,(H,24,25)(H,20,26,27)/t11-/m0/s1. The van der Waals surface area contributed by atoms with Crippen LogP contribution in [0.25, 0.3) is 11.2 Å². The van der Waals surface area contributed by atoms with Crippen LogP contribution in [0.4, 0.5) is 0 Å². The van der Waals surface area contributed by atoms with Crippen molar-refractivity contribution in [2.75, 3.05) is 12.4 Å². The molecule has 0 saturated heterocycles. The van der Waals surface area contributed by atoms with Gasteiger partial charge in [0.1, 0.15) is 18.5 Å². The summed E-state index contributed by atoms with van der Waals surface area (Å²) in [6.45, 7) is 1.81. The zero-order valence-corrected chi connectivity index (χ0v) is 16.6. The highest BCUT2D eigenvalue weighted by Crippen LogP contribution is 2.22. The second kappa shape index (κ2) is 8.53. The van der Waals surface area contributed by atoms with E-state index in [0.717, 1.165) is 21.9 Å². The van der Waals surface area contributed by atoms with Crippen LogP contribution in [0.3, 0.4) is 0 Å². The minimum atomic E-state index is -1.06. The van der Waals surface area contributed by atoms with Crippen molar-refractivity contribution in [3.63, 3.8) is 0 Å². The number of benzene rings is 1. The zero-order chi connectivity index (χ0) is 21.1. The van der Waals surface area contributed by atoms with E-state index >= 15 is 0 Å². The molecule has 10 nitrogen and oxygen atoms in total. The molecule has 0 radical (unpaired) electrons. The Balaban J connectivity index is 1.90. The van der Waals surface area contributed by atoms with Gasteiger partial charge in [0.2, 0.25) is 0 Å². The van der Waals surface area contributed by atoms with Crippen LogP contribution in [-0.2, 0) is 18.4 Å². The summed E-state index contributed by atoms with van der Waals surface area (Å²) in [6, 6.07) is 7.35. The van der Waals surface area contributed by atoms with Crippen molar-refractivity contribution >= 4 is 28.9 Å². The molecule has 3 aromatic rings.